The van der Waals surface area contributed by atoms with Crippen LogP contribution in [0.15, 0.2) is 18.2 Å². The quantitative estimate of drug-likeness (QED) is 0.827. The van der Waals surface area contributed by atoms with Crippen molar-refractivity contribution in [1.82, 2.24) is 0 Å². The number of hydrogen-bond acceptors (Lipinski definition) is 4. The van der Waals surface area contributed by atoms with E-state index in [1.165, 1.54) is 25.3 Å². The fourth-order valence-electron chi connectivity index (χ4n) is 1.28. The van der Waals surface area contributed by atoms with E-state index in [2.05, 4.69) is 4.74 Å². The summed E-state index contributed by atoms with van der Waals surface area (Å²) in [6, 6.07) is 4.47. The molecule has 0 aliphatic heterocycles. The Morgan fingerprint density at radius 1 is 1.35 bits per heavy atom. The number of aliphatic hydroxyl groups is 2. The van der Waals surface area contributed by atoms with Gasteiger partial charge in [-0.25, -0.2) is 0 Å². The van der Waals surface area contributed by atoms with Gasteiger partial charge < -0.3 is 14.9 Å². The van der Waals surface area contributed by atoms with E-state index in [4.69, 9.17) is 23.2 Å². The first-order chi connectivity index (χ1) is 7.95. The third-order valence-electron chi connectivity index (χ3n) is 2.25. The minimum Gasteiger partial charge on any atom is -0.469 e. The predicted octanol–water partition coefficient (Wildman–Crippen LogP) is 1.95. The van der Waals surface area contributed by atoms with Crippen LogP contribution in [0.5, 0.6) is 0 Å². The molecule has 0 aromatic heterocycles. The van der Waals surface area contributed by atoms with Gasteiger partial charge in [0.2, 0.25) is 0 Å². The van der Waals surface area contributed by atoms with Gasteiger partial charge >= 0.3 is 5.97 Å². The molecule has 94 valence electrons. The highest BCUT2D eigenvalue weighted by atomic mass is 35.5. The monoisotopic (exact) mass is 278 g/mol. The lowest BCUT2D eigenvalue weighted by atomic mass is 10.0. The van der Waals surface area contributed by atoms with Gasteiger partial charge in [0.15, 0.2) is 0 Å². The minimum atomic E-state index is -1.25. The number of ether oxygens (including phenoxy) is 1. The molecule has 6 heteroatoms. The second-order valence-electron chi connectivity index (χ2n) is 3.47. The summed E-state index contributed by atoms with van der Waals surface area (Å²) >= 11 is 11.5. The van der Waals surface area contributed by atoms with Crippen LogP contribution < -0.4 is 0 Å². The maximum atomic E-state index is 10.9. The summed E-state index contributed by atoms with van der Waals surface area (Å²) in [5.74, 6) is -0.600. The molecular weight excluding hydrogens is 267 g/mol. The predicted molar refractivity (Wildman–Crippen MR) is 64.1 cm³/mol. The van der Waals surface area contributed by atoms with E-state index < -0.39 is 18.2 Å². The Kier molecular flexibility index (Phi) is 5.21. The van der Waals surface area contributed by atoms with Crippen LogP contribution in [0.25, 0.3) is 0 Å². The molecule has 0 bridgehead atoms. The van der Waals surface area contributed by atoms with Crippen LogP contribution >= 0.6 is 23.2 Å². The zero-order valence-electron chi connectivity index (χ0n) is 9.06. The molecule has 1 rings (SSSR count). The van der Waals surface area contributed by atoms with Crippen LogP contribution in [-0.4, -0.2) is 29.4 Å². The number of hydrogen-bond donors (Lipinski definition) is 2. The van der Waals surface area contributed by atoms with Crippen LogP contribution in [0.1, 0.15) is 18.1 Å². The van der Waals surface area contributed by atoms with Crippen molar-refractivity contribution in [2.45, 2.75) is 18.6 Å². The number of benzene rings is 1. The molecule has 0 saturated carbocycles. The van der Waals surface area contributed by atoms with Gasteiger partial charge in [-0.15, -0.1) is 0 Å². The molecule has 0 aliphatic carbocycles. The second-order valence-corrected chi connectivity index (χ2v) is 4.28. The van der Waals surface area contributed by atoms with Gasteiger partial charge in [0.05, 0.1) is 29.7 Å². The van der Waals surface area contributed by atoms with Crippen molar-refractivity contribution < 1.29 is 19.7 Å². The Hall–Kier alpha value is -0.810. The average molecular weight is 279 g/mol. The lowest BCUT2D eigenvalue weighted by Crippen LogP contribution is -2.22. The number of methoxy groups -OCH3 is 1. The molecule has 2 unspecified atom stereocenters. The summed E-state index contributed by atoms with van der Waals surface area (Å²) in [7, 11) is 1.21. The maximum absolute atomic E-state index is 10.9. The average Bonchev–Trinajstić information content (AvgIpc) is 2.31. The zero-order valence-corrected chi connectivity index (χ0v) is 10.6. The first-order valence-electron chi connectivity index (χ1n) is 4.83. The number of aliphatic hydroxyl groups excluding tert-OH is 2. The lowest BCUT2D eigenvalue weighted by Gasteiger charge is -2.17. The molecule has 2 N–H and O–H groups in total. The van der Waals surface area contributed by atoms with E-state index in [0.29, 0.717) is 10.6 Å². The Balaban J connectivity index is 2.77. The Bertz CT molecular complexity index is 408. The van der Waals surface area contributed by atoms with Crippen LogP contribution in [0.4, 0.5) is 0 Å². The third-order valence-corrected chi connectivity index (χ3v) is 2.99. The summed E-state index contributed by atoms with van der Waals surface area (Å²) < 4.78 is 4.39. The third kappa shape index (κ3) is 3.85. The van der Waals surface area contributed by atoms with Crippen LogP contribution in [0, 0.1) is 0 Å². The molecule has 4 nitrogen and oxygen atoms in total. The highest BCUT2D eigenvalue weighted by Gasteiger charge is 2.22. The van der Waals surface area contributed by atoms with Crippen molar-refractivity contribution in [1.29, 1.82) is 0 Å². The van der Waals surface area contributed by atoms with Crippen molar-refractivity contribution in [3.63, 3.8) is 0 Å². The summed E-state index contributed by atoms with van der Waals surface area (Å²) in [5.41, 5.74) is 0.385. The normalized spacial score (nSPS) is 14.2. The van der Waals surface area contributed by atoms with Gasteiger partial charge in [-0.3, -0.25) is 4.79 Å². The Morgan fingerprint density at radius 3 is 2.53 bits per heavy atom. The number of carbonyl (C=O) groups is 1. The molecule has 0 amide bonds. The van der Waals surface area contributed by atoms with Gasteiger partial charge in [0, 0.05) is 0 Å². The van der Waals surface area contributed by atoms with Crippen molar-refractivity contribution in [2.75, 3.05) is 7.11 Å². The number of rotatable bonds is 4. The first-order valence-corrected chi connectivity index (χ1v) is 5.59. The van der Waals surface area contributed by atoms with E-state index in [-0.39, 0.29) is 11.4 Å². The second kappa shape index (κ2) is 6.21. The van der Waals surface area contributed by atoms with Crippen molar-refractivity contribution in [3.8, 4) is 0 Å². The molecule has 0 heterocycles. The van der Waals surface area contributed by atoms with Crippen molar-refractivity contribution >= 4 is 29.2 Å². The summed E-state index contributed by atoms with van der Waals surface area (Å²) in [6.45, 7) is 0. The zero-order chi connectivity index (χ0) is 13.0. The SMILES string of the molecule is COC(=O)CC(O)C(O)c1ccc(Cl)c(Cl)c1. The largest absolute Gasteiger partial charge is 0.469 e. The topological polar surface area (TPSA) is 66.8 Å². The van der Waals surface area contributed by atoms with Crippen LogP contribution in [0.3, 0.4) is 0 Å². The molecule has 0 radical (unpaired) electrons. The molecule has 0 aliphatic rings. The molecule has 2 atom stereocenters. The van der Waals surface area contributed by atoms with Crippen molar-refractivity contribution in [3.05, 3.63) is 33.8 Å². The first kappa shape index (κ1) is 14.3. The minimum absolute atomic E-state index is 0.272. The highest BCUT2D eigenvalue weighted by molar-refractivity contribution is 6.42. The summed E-state index contributed by atoms with van der Waals surface area (Å²) in [6.07, 6.45) is -2.76. The van der Waals surface area contributed by atoms with E-state index in [9.17, 15) is 15.0 Å². The van der Waals surface area contributed by atoms with E-state index in [1.54, 1.807) is 0 Å². The van der Waals surface area contributed by atoms with Crippen LogP contribution in [-0.2, 0) is 9.53 Å². The Labute approximate surface area is 109 Å². The van der Waals surface area contributed by atoms with E-state index in [0.717, 1.165) is 0 Å². The van der Waals surface area contributed by atoms with Gasteiger partial charge in [0.25, 0.3) is 0 Å². The van der Waals surface area contributed by atoms with E-state index >= 15 is 0 Å². The lowest BCUT2D eigenvalue weighted by molar-refractivity contribution is -0.144. The van der Waals surface area contributed by atoms with Crippen LogP contribution in [0.2, 0.25) is 10.0 Å². The van der Waals surface area contributed by atoms with Gasteiger partial charge in [-0.1, -0.05) is 29.3 Å². The van der Waals surface area contributed by atoms with Crippen molar-refractivity contribution in [2.24, 2.45) is 0 Å². The number of carbonyl (C=O) groups excluding carboxylic acids is 1. The number of esters is 1. The standard InChI is InChI=1S/C11H12Cl2O4/c1-17-10(15)5-9(14)11(16)6-2-3-7(12)8(13)4-6/h2-4,9,11,14,16H,5H2,1H3. The smallest absolute Gasteiger partial charge is 0.308 e. The van der Waals surface area contributed by atoms with Gasteiger partial charge in [-0.2, -0.15) is 0 Å². The fourth-order valence-corrected chi connectivity index (χ4v) is 1.59. The van der Waals surface area contributed by atoms with Gasteiger partial charge in [-0.05, 0) is 17.7 Å². The molecule has 1 aromatic carbocycles. The Morgan fingerprint density at radius 2 is 2.00 bits per heavy atom. The molecule has 0 saturated heterocycles. The van der Waals surface area contributed by atoms with Gasteiger partial charge in [0.1, 0.15) is 6.10 Å². The molecular formula is C11H12Cl2O4. The van der Waals surface area contributed by atoms with E-state index in [1.807, 2.05) is 0 Å². The summed E-state index contributed by atoms with van der Waals surface area (Å²) in [5, 5.41) is 20.0. The fraction of sp³-hybridized carbons (Fsp3) is 0.364. The molecule has 17 heavy (non-hydrogen) atoms. The molecule has 1 aromatic rings. The maximum Gasteiger partial charge on any atom is 0.308 e. The summed E-state index contributed by atoms with van der Waals surface area (Å²) in [4.78, 5) is 10.9. The highest BCUT2D eigenvalue weighted by Crippen LogP contribution is 2.27. The molecule has 0 fully saturated rings. The number of halogens is 2. The molecule has 0 spiro atoms.